The molecule has 0 bridgehead atoms. The van der Waals surface area contributed by atoms with Gasteiger partial charge in [-0.2, -0.15) is 0 Å². The molecule has 2 aromatic rings. The first-order valence-corrected chi connectivity index (χ1v) is 11.3. The number of thiazole rings is 1. The van der Waals surface area contributed by atoms with Crippen LogP contribution in [0.1, 0.15) is 74.3 Å². The molecule has 0 saturated heterocycles. The number of rotatable bonds is 7. The number of carbonyl (C=O) groups excluding carboxylic acids is 3. The Morgan fingerprint density at radius 2 is 2.00 bits per heavy atom. The molecule has 2 aliphatic rings. The number of nitrogens with zero attached hydrogens (tertiary/aromatic N) is 3. The summed E-state index contributed by atoms with van der Waals surface area (Å²) in [6.45, 7) is 6.53. The van der Waals surface area contributed by atoms with Crippen molar-refractivity contribution < 1.29 is 14.4 Å². The van der Waals surface area contributed by atoms with Crippen molar-refractivity contribution in [1.29, 1.82) is 0 Å². The lowest BCUT2D eigenvalue weighted by atomic mass is 10.0. The molecule has 0 saturated carbocycles. The minimum Gasteiger partial charge on any atom is -0.280 e. The molecule has 0 radical (unpaired) electrons. The summed E-state index contributed by atoms with van der Waals surface area (Å²) in [6.07, 6.45) is 7.56. The number of unbranched alkanes of at least 4 members (excludes halogenated alkanes) is 1. The number of hydrogen-bond donors (Lipinski definition) is 0. The first-order valence-electron chi connectivity index (χ1n) is 10.5. The second-order valence-electron chi connectivity index (χ2n) is 7.65. The van der Waals surface area contributed by atoms with E-state index >= 15 is 0 Å². The SMILES string of the molecule is C=CCN(C(=O)c1ccc2c(c1)C(=O)N(CCCC)C2=O)c1nc2c(s1)CCCC2. The third-order valence-corrected chi connectivity index (χ3v) is 6.76. The van der Waals surface area contributed by atoms with Gasteiger partial charge in [0.05, 0.1) is 16.8 Å². The maximum absolute atomic E-state index is 13.3. The molecule has 3 amide bonds. The van der Waals surface area contributed by atoms with Gasteiger partial charge in [-0.05, 0) is 50.3 Å². The quantitative estimate of drug-likeness (QED) is 0.493. The van der Waals surface area contributed by atoms with Gasteiger partial charge in [-0.25, -0.2) is 4.98 Å². The van der Waals surface area contributed by atoms with Crippen molar-refractivity contribution in [2.75, 3.05) is 18.0 Å². The molecular weight excluding hydrogens is 398 g/mol. The number of amides is 3. The fourth-order valence-electron chi connectivity index (χ4n) is 3.93. The van der Waals surface area contributed by atoms with Gasteiger partial charge in [0.1, 0.15) is 0 Å². The van der Waals surface area contributed by atoms with Crippen LogP contribution < -0.4 is 4.90 Å². The lowest BCUT2D eigenvalue weighted by Crippen LogP contribution is -2.31. The van der Waals surface area contributed by atoms with E-state index in [0.29, 0.717) is 34.9 Å². The zero-order valence-electron chi connectivity index (χ0n) is 17.1. The first kappa shape index (κ1) is 20.5. The second-order valence-corrected chi connectivity index (χ2v) is 8.72. The molecular formula is C23H25N3O3S. The molecule has 4 rings (SSSR count). The standard InChI is InChI=1S/C23H25N3O3S/c1-3-5-13-25-21(28)16-11-10-15(14-17(16)22(25)29)20(27)26(12-4-2)23-24-18-8-6-7-9-19(18)30-23/h4,10-11,14H,2-3,5-9,12-13H2,1H3. The highest BCUT2D eigenvalue weighted by molar-refractivity contribution is 7.16. The minimum absolute atomic E-state index is 0.240. The lowest BCUT2D eigenvalue weighted by Gasteiger charge is -2.18. The van der Waals surface area contributed by atoms with E-state index in [0.717, 1.165) is 44.2 Å². The summed E-state index contributed by atoms with van der Waals surface area (Å²) in [6, 6.07) is 4.76. The predicted molar refractivity (Wildman–Crippen MR) is 117 cm³/mol. The molecule has 1 aromatic carbocycles. The number of fused-ring (bicyclic) bond motifs is 2. The highest BCUT2D eigenvalue weighted by Gasteiger charge is 2.36. The summed E-state index contributed by atoms with van der Waals surface area (Å²) < 4.78 is 0. The van der Waals surface area contributed by atoms with E-state index in [1.165, 1.54) is 9.78 Å². The van der Waals surface area contributed by atoms with Crippen LogP contribution in [0.5, 0.6) is 0 Å². The summed E-state index contributed by atoms with van der Waals surface area (Å²) in [4.78, 5) is 47.5. The van der Waals surface area contributed by atoms with Crippen molar-refractivity contribution in [3.05, 3.63) is 58.1 Å². The molecule has 6 nitrogen and oxygen atoms in total. The third kappa shape index (κ3) is 3.58. The Morgan fingerprint density at radius 1 is 1.23 bits per heavy atom. The number of carbonyl (C=O) groups is 3. The van der Waals surface area contributed by atoms with Crippen LogP contribution >= 0.6 is 11.3 Å². The predicted octanol–water partition coefficient (Wildman–Crippen LogP) is 4.25. The molecule has 0 unspecified atom stereocenters. The number of aromatic nitrogens is 1. The molecule has 0 N–H and O–H groups in total. The topological polar surface area (TPSA) is 70.6 Å². The van der Waals surface area contributed by atoms with Crippen LogP contribution in [0, 0.1) is 0 Å². The molecule has 0 fully saturated rings. The van der Waals surface area contributed by atoms with Crippen LogP contribution in [-0.2, 0) is 12.8 Å². The minimum atomic E-state index is -0.321. The number of hydrogen-bond acceptors (Lipinski definition) is 5. The van der Waals surface area contributed by atoms with E-state index in [9.17, 15) is 14.4 Å². The second kappa shape index (κ2) is 8.52. The van der Waals surface area contributed by atoms with Crippen molar-refractivity contribution in [2.45, 2.75) is 45.4 Å². The molecule has 0 spiro atoms. The Bertz CT molecular complexity index is 1000. The normalized spacial score (nSPS) is 15.2. The molecule has 0 atom stereocenters. The Hall–Kier alpha value is -2.80. The Balaban J connectivity index is 1.63. The van der Waals surface area contributed by atoms with Crippen molar-refractivity contribution in [3.8, 4) is 0 Å². The Kier molecular flexibility index (Phi) is 5.81. The van der Waals surface area contributed by atoms with Crippen LogP contribution in [0.2, 0.25) is 0 Å². The van der Waals surface area contributed by atoms with Crippen molar-refractivity contribution in [1.82, 2.24) is 9.88 Å². The third-order valence-electron chi connectivity index (χ3n) is 5.58. The maximum Gasteiger partial charge on any atom is 0.261 e. The van der Waals surface area contributed by atoms with Crippen LogP contribution in [-0.4, -0.2) is 40.7 Å². The average molecular weight is 424 g/mol. The Labute approximate surface area is 180 Å². The lowest BCUT2D eigenvalue weighted by molar-refractivity contribution is 0.0652. The van der Waals surface area contributed by atoms with Gasteiger partial charge in [0, 0.05) is 23.5 Å². The first-order chi connectivity index (χ1) is 14.5. The highest BCUT2D eigenvalue weighted by Crippen LogP contribution is 2.33. The van der Waals surface area contributed by atoms with Crippen LogP contribution in [0.25, 0.3) is 0 Å². The summed E-state index contributed by atoms with van der Waals surface area (Å²) in [7, 11) is 0. The van der Waals surface area contributed by atoms with Gasteiger partial charge in [0.25, 0.3) is 17.7 Å². The van der Waals surface area contributed by atoms with Crippen LogP contribution in [0.15, 0.2) is 30.9 Å². The molecule has 1 aliphatic carbocycles. The van der Waals surface area contributed by atoms with E-state index < -0.39 is 0 Å². The van der Waals surface area contributed by atoms with E-state index in [1.54, 1.807) is 40.5 Å². The van der Waals surface area contributed by atoms with E-state index in [4.69, 9.17) is 4.98 Å². The fourth-order valence-corrected chi connectivity index (χ4v) is 5.09. The zero-order valence-corrected chi connectivity index (χ0v) is 18.0. The van der Waals surface area contributed by atoms with E-state index in [2.05, 4.69) is 6.58 Å². The van der Waals surface area contributed by atoms with Gasteiger partial charge in [-0.15, -0.1) is 17.9 Å². The molecule has 156 valence electrons. The summed E-state index contributed by atoms with van der Waals surface area (Å²) >= 11 is 1.56. The van der Waals surface area contributed by atoms with Gasteiger partial charge in [0.15, 0.2) is 5.13 Å². The van der Waals surface area contributed by atoms with Crippen molar-refractivity contribution in [3.63, 3.8) is 0 Å². The van der Waals surface area contributed by atoms with Crippen LogP contribution in [0.4, 0.5) is 5.13 Å². The molecule has 30 heavy (non-hydrogen) atoms. The zero-order chi connectivity index (χ0) is 21.3. The van der Waals surface area contributed by atoms with Gasteiger partial charge in [0.2, 0.25) is 0 Å². The summed E-state index contributed by atoms with van der Waals surface area (Å²) in [5, 5.41) is 0.666. The largest absolute Gasteiger partial charge is 0.280 e. The summed E-state index contributed by atoms with van der Waals surface area (Å²) in [5.74, 6) is -0.841. The molecule has 1 aliphatic heterocycles. The monoisotopic (exact) mass is 423 g/mol. The number of anilines is 1. The maximum atomic E-state index is 13.3. The number of benzene rings is 1. The number of imide groups is 1. The fraction of sp³-hybridized carbons (Fsp3) is 0.391. The van der Waals surface area contributed by atoms with Crippen LogP contribution in [0.3, 0.4) is 0 Å². The van der Waals surface area contributed by atoms with Crippen molar-refractivity contribution in [2.24, 2.45) is 0 Å². The molecule has 2 heterocycles. The van der Waals surface area contributed by atoms with E-state index in [-0.39, 0.29) is 17.7 Å². The van der Waals surface area contributed by atoms with Gasteiger partial charge in [-0.1, -0.05) is 19.4 Å². The highest BCUT2D eigenvalue weighted by atomic mass is 32.1. The average Bonchev–Trinajstić information content (AvgIpc) is 3.29. The smallest absolute Gasteiger partial charge is 0.261 e. The van der Waals surface area contributed by atoms with E-state index in [1.807, 2.05) is 6.92 Å². The van der Waals surface area contributed by atoms with Crippen molar-refractivity contribution >= 4 is 34.2 Å². The molecule has 7 heteroatoms. The van der Waals surface area contributed by atoms with Gasteiger partial charge >= 0.3 is 0 Å². The Morgan fingerprint density at radius 3 is 2.73 bits per heavy atom. The number of aryl methyl sites for hydroxylation is 2. The van der Waals surface area contributed by atoms with Gasteiger partial charge < -0.3 is 0 Å². The molecule has 1 aromatic heterocycles. The summed E-state index contributed by atoms with van der Waals surface area (Å²) in [5.41, 5.74) is 2.14. The van der Waals surface area contributed by atoms with Gasteiger partial charge in [-0.3, -0.25) is 24.2 Å².